The van der Waals surface area contributed by atoms with Gasteiger partial charge < -0.3 is 0 Å². The molecule has 1 heterocycles. The zero-order valence-electron chi connectivity index (χ0n) is 9.67. The van der Waals surface area contributed by atoms with Crippen LogP contribution >= 0.6 is 0 Å². The third kappa shape index (κ3) is 1.89. The highest BCUT2D eigenvalue weighted by Crippen LogP contribution is 2.40. The number of fused-ring (bicyclic) bond motifs is 1. The van der Waals surface area contributed by atoms with Crippen molar-refractivity contribution in [1.82, 2.24) is 10.2 Å². The van der Waals surface area contributed by atoms with Crippen LogP contribution in [0, 0.1) is 6.92 Å². The van der Waals surface area contributed by atoms with E-state index in [2.05, 4.69) is 35.3 Å². The van der Waals surface area contributed by atoms with Gasteiger partial charge in [0.1, 0.15) is 0 Å². The number of hydrogen-bond acceptors (Lipinski definition) is 1. The smallest absolute Gasteiger partial charge is 0.0926 e. The standard InChI is InChI=1S/C11H12N2.C2H6/c1-7-10-5-4-9(8-2-3-8)6-11(10)13-12-7;1-2/h4-6,8H,2-3H2,1H3,(H,12,13);1-2H3. The molecule has 1 aromatic carbocycles. The molecule has 1 aromatic heterocycles. The van der Waals surface area contributed by atoms with E-state index in [1.165, 1.54) is 23.8 Å². The van der Waals surface area contributed by atoms with Crippen LogP contribution in [-0.4, -0.2) is 10.2 Å². The summed E-state index contributed by atoms with van der Waals surface area (Å²) in [6.45, 7) is 6.06. The molecule has 2 heteroatoms. The fraction of sp³-hybridized carbons (Fsp3) is 0.462. The normalized spacial score (nSPS) is 14.9. The molecule has 1 fully saturated rings. The summed E-state index contributed by atoms with van der Waals surface area (Å²) in [4.78, 5) is 0. The van der Waals surface area contributed by atoms with Crippen LogP contribution in [0.3, 0.4) is 0 Å². The first-order valence-corrected chi connectivity index (χ1v) is 5.79. The molecule has 0 atom stereocenters. The van der Waals surface area contributed by atoms with Crippen molar-refractivity contribution in [3.8, 4) is 0 Å². The molecule has 1 saturated carbocycles. The Morgan fingerprint density at radius 3 is 2.67 bits per heavy atom. The highest BCUT2D eigenvalue weighted by molar-refractivity contribution is 5.81. The molecule has 0 saturated heterocycles. The zero-order chi connectivity index (χ0) is 10.8. The molecule has 1 aliphatic rings. The van der Waals surface area contributed by atoms with E-state index in [1.54, 1.807) is 0 Å². The van der Waals surface area contributed by atoms with Gasteiger partial charge in [0.25, 0.3) is 0 Å². The van der Waals surface area contributed by atoms with Gasteiger partial charge in [0.15, 0.2) is 0 Å². The SMILES string of the molecule is CC.Cc1[nH]nc2cc(C3CC3)ccc12. The molecule has 0 radical (unpaired) electrons. The highest BCUT2D eigenvalue weighted by atomic mass is 15.1. The first-order valence-electron chi connectivity index (χ1n) is 5.79. The maximum absolute atomic E-state index is 4.26. The Balaban J connectivity index is 0.000000404. The summed E-state index contributed by atoms with van der Waals surface area (Å²) in [7, 11) is 0. The summed E-state index contributed by atoms with van der Waals surface area (Å²) >= 11 is 0. The molecule has 1 N–H and O–H groups in total. The van der Waals surface area contributed by atoms with Crippen molar-refractivity contribution in [3.05, 3.63) is 29.5 Å². The maximum atomic E-state index is 4.26. The van der Waals surface area contributed by atoms with Gasteiger partial charge in [-0.2, -0.15) is 5.10 Å². The molecule has 0 aliphatic heterocycles. The van der Waals surface area contributed by atoms with Gasteiger partial charge in [-0.25, -0.2) is 0 Å². The van der Waals surface area contributed by atoms with Gasteiger partial charge in [-0.15, -0.1) is 0 Å². The van der Waals surface area contributed by atoms with Gasteiger partial charge in [-0.05, 0) is 37.3 Å². The topological polar surface area (TPSA) is 28.7 Å². The van der Waals surface area contributed by atoms with Crippen molar-refractivity contribution in [3.63, 3.8) is 0 Å². The van der Waals surface area contributed by atoms with Gasteiger partial charge in [-0.3, -0.25) is 5.10 Å². The summed E-state index contributed by atoms with van der Waals surface area (Å²) in [6, 6.07) is 6.64. The number of aromatic amines is 1. The number of aromatic nitrogens is 2. The predicted molar refractivity (Wildman–Crippen MR) is 64.2 cm³/mol. The lowest BCUT2D eigenvalue weighted by Gasteiger charge is -1.96. The van der Waals surface area contributed by atoms with E-state index >= 15 is 0 Å². The lowest BCUT2D eigenvalue weighted by Crippen LogP contribution is -1.78. The van der Waals surface area contributed by atoms with Gasteiger partial charge in [-0.1, -0.05) is 26.0 Å². The lowest BCUT2D eigenvalue weighted by atomic mass is 10.1. The number of aryl methyl sites for hydroxylation is 1. The Kier molecular flexibility index (Phi) is 2.76. The van der Waals surface area contributed by atoms with E-state index in [4.69, 9.17) is 0 Å². The van der Waals surface area contributed by atoms with Crippen molar-refractivity contribution in [2.45, 2.75) is 39.5 Å². The Morgan fingerprint density at radius 1 is 1.27 bits per heavy atom. The molecule has 0 spiro atoms. The number of nitrogens with one attached hydrogen (secondary N) is 1. The second-order valence-corrected chi connectivity index (χ2v) is 3.90. The van der Waals surface area contributed by atoms with Crippen molar-refractivity contribution < 1.29 is 0 Å². The molecule has 1 aliphatic carbocycles. The minimum Gasteiger partial charge on any atom is -0.282 e. The molecule has 3 rings (SSSR count). The molecular weight excluding hydrogens is 184 g/mol. The number of rotatable bonds is 1. The van der Waals surface area contributed by atoms with Crippen LogP contribution in [-0.2, 0) is 0 Å². The fourth-order valence-corrected chi connectivity index (χ4v) is 1.83. The fourth-order valence-electron chi connectivity index (χ4n) is 1.83. The molecule has 0 unspecified atom stereocenters. The molecule has 80 valence electrons. The molecular formula is C13H18N2. The molecule has 2 aromatic rings. The van der Waals surface area contributed by atoms with E-state index in [-0.39, 0.29) is 0 Å². The second kappa shape index (κ2) is 4.05. The van der Waals surface area contributed by atoms with E-state index in [0.29, 0.717) is 0 Å². The Bertz CT molecular complexity index is 453. The van der Waals surface area contributed by atoms with Crippen molar-refractivity contribution in [1.29, 1.82) is 0 Å². The molecule has 0 amide bonds. The van der Waals surface area contributed by atoms with Gasteiger partial charge in [0.2, 0.25) is 0 Å². The summed E-state index contributed by atoms with van der Waals surface area (Å²) in [6.07, 6.45) is 2.71. The number of nitrogens with zero attached hydrogens (tertiary/aromatic N) is 1. The summed E-state index contributed by atoms with van der Waals surface area (Å²) in [5.41, 5.74) is 3.73. The lowest BCUT2D eigenvalue weighted by molar-refractivity contribution is 1.06. The number of hydrogen-bond donors (Lipinski definition) is 1. The first-order chi connectivity index (χ1) is 7.34. The quantitative estimate of drug-likeness (QED) is 0.749. The molecule has 15 heavy (non-hydrogen) atoms. The number of H-pyrrole nitrogens is 1. The van der Waals surface area contributed by atoms with E-state index in [1.807, 2.05) is 13.8 Å². The van der Waals surface area contributed by atoms with Crippen LogP contribution < -0.4 is 0 Å². The van der Waals surface area contributed by atoms with Crippen LogP contribution in [0.2, 0.25) is 0 Å². The van der Waals surface area contributed by atoms with Gasteiger partial charge >= 0.3 is 0 Å². The van der Waals surface area contributed by atoms with Crippen LogP contribution in [0.4, 0.5) is 0 Å². The third-order valence-electron chi connectivity index (χ3n) is 2.82. The van der Waals surface area contributed by atoms with Crippen LogP contribution in [0.25, 0.3) is 10.9 Å². The number of benzene rings is 1. The highest BCUT2D eigenvalue weighted by Gasteiger charge is 2.23. The Hall–Kier alpha value is -1.31. The van der Waals surface area contributed by atoms with Crippen molar-refractivity contribution >= 4 is 10.9 Å². The minimum absolute atomic E-state index is 0.821. The van der Waals surface area contributed by atoms with Crippen LogP contribution in [0.1, 0.15) is 43.9 Å². The monoisotopic (exact) mass is 202 g/mol. The van der Waals surface area contributed by atoms with Crippen LogP contribution in [0.5, 0.6) is 0 Å². The maximum Gasteiger partial charge on any atom is 0.0926 e. The van der Waals surface area contributed by atoms with Crippen molar-refractivity contribution in [2.24, 2.45) is 0 Å². The largest absolute Gasteiger partial charge is 0.282 e. The predicted octanol–water partition coefficient (Wildman–Crippen LogP) is 3.77. The summed E-state index contributed by atoms with van der Waals surface area (Å²) in [5.74, 6) is 0.821. The second-order valence-electron chi connectivity index (χ2n) is 3.90. The van der Waals surface area contributed by atoms with Gasteiger partial charge in [0, 0.05) is 11.1 Å². The summed E-state index contributed by atoms with van der Waals surface area (Å²) in [5, 5.41) is 8.53. The first kappa shape index (κ1) is 10.2. The van der Waals surface area contributed by atoms with E-state index in [9.17, 15) is 0 Å². The zero-order valence-corrected chi connectivity index (χ0v) is 9.67. The molecule has 2 nitrogen and oxygen atoms in total. The minimum atomic E-state index is 0.821. The molecule has 0 bridgehead atoms. The van der Waals surface area contributed by atoms with E-state index in [0.717, 1.165) is 17.1 Å². The Labute approximate surface area is 90.7 Å². The Morgan fingerprint density at radius 2 is 2.00 bits per heavy atom. The average molecular weight is 202 g/mol. The van der Waals surface area contributed by atoms with Crippen molar-refractivity contribution in [2.75, 3.05) is 0 Å². The van der Waals surface area contributed by atoms with E-state index < -0.39 is 0 Å². The average Bonchev–Trinajstić information content (AvgIpc) is 3.07. The van der Waals surface area contributed by atoms with Crippen LogP contribution in [0.15, 0.2) is 18.2 Å². The van der Waals surface area contributed by atoms with Gasteiger partial charge in [0.05, 0.1) is 5.52 Å². The summed E-state index contributed by atoms with van der Waals surface area (Å²) < 4.78 is 0. The third-order valence-corrected chi connectivity index (χ3v) is 2.82.